The molecule has 2 heterocycles. The van der Waals surface area contributed by atoms with Gasteiger partial charge in [-0.15, -0.1) is 17.8 Å². The van der Waals surface area contributed by atoms with Gasteiger partial charge in [0.1, 0.15) is 10.9 Å². The van der Waals surface area contributed by atoms with Gasteiger partial charge in [-0.2, -0.15) is 5.26 Å². The van der Waals surface area contributed by atoms with Crippen LogP contribution in [0.2, 0.25) is 0 Å². The van der Waals surface area contributed by atoms with Crippen molar-refractivity contribution in [2.45, 2.75) is 6.10 Å². The SMILES string of the molecule is C#C[C@@H]1CN(c2ccc(C#N)s2)C[C@H]1O. The molecular weight excluding hydrogens is 208 g/mol. The first kappa shape index (κ1) is 10.0. The number of aliphatic hydroxyl groups is 1. The lowest BCUT2D eigenvalue weighted by atomic mass is 10.1. The second kappa shape index (κ2) is 3.94. The Labute approximate surface area is 92.6 Å². The molecule has 0 amide bonds. The van der Waals surface area contributed by atoms with E-state index < -0.39 is 6.10 Å². The van der Waals surface area contributed by atoms with Gasteiger partial charge in [0.05, 0.1) is 17.0 Å². The lowest BCUT2D eigenvalue weighted by Crippen LogP contribution is -2.19. The Hall–Kier alpha value is -1.49. The van der Waals surface area contributed by atoms with Crippen molar-refractivity contribution in [1.29, 1.82) is 5.26 Å². The zero-order chi connectivity index (χ0) is 10.8. The summed E-state index contributed by atoms with van der Waals surface area (Å²) in [7, 11) is 0. The zero-order valence-corrected chi connectivity index (χ0v) is 8.87. The maximum Gasteiger partial charge on any atom is 0.110 e. The molecule has 3 nitrogen and oxygen atoms in total. The average Bonchev–Trinajstić information content (AvgIpc) is 2.83. The Morgan fingerprint density at radius 3 is 2.87 bits per heavy atom. The van der Waals surface area contributed by atoms with Crippen molar-refractivity contribution in [3.63, 3.8) is 0 Å². The summed E-state index contributed by atoms with van der Waals surface area (Å²) in [6, 6.07) is 5.78. The molecule has 1 aromatic heterocycles. The molecule has 0 bridgehead atoms. The number of thiophene rings is 1. The highest BCUT2D eigenvalue weighted by Gasteiger charge is 2.30. The van der Waals surface area contributed by atoms with E-state index in [1.165, 1.54) is 11.3 Å². The minimum absolute atomic E-state index is 0.0994. The fraction of sp³-hybridized carbons (Fsp3) is 0.364. The van der Waals surface area contributed by atoms with Crippen molar-refractivity contribution in [3.05, 3.63) is 17.0 Å². The van der Waals surface area contributed by atoms with Crippen LogP contribution in [0, 0.1) is 29.6 Å². The summed E-state index contributed by atoms with van der Waals surface area (Å²) in [4.78, 5) is 2.71. The van der Waals surface area contributed by atoms with Crippen LogP contribution in [-0.2, 0) is 0 Å². The molecule has 1 aliphatic heterocycles. The fourth-order valence-corrected chi connectivity index (χ4v) is 2.51. The molecule has 4 heteroatoms. The number of hydrogen-bond donors (Lipinski definition) is 1. The predicted octanol–water partition coefficient (Wildman–Crippen LogP) is 1.05. The highest BCUT2D eigenvalue weighted by Crippen LogP contribution is 2.30. The van der Waals surface area contributed by atoms with Crippen molar-refractivity contribution >= 4 is 16.3 Å². The summed E-state index contributed by atoms with van der Waals surface area (Å²) < 4.78 is 0. The number of β-amino-alcohol motifs (C(OH)–C–C–N with tert-alkyl or cyclic N) is 1. The molecule has 1 aromatic rings. The van der Waals surface area contributed by atoms with Crippen LogP contribution in [0.25, 0.3) is 0 Å². The second-order valence-corrected chi connectivity index (χ2v) is 4.56. The molecule has 1 N–H and O–H groups in total. The first-order chi connectivity index (χ1) is 7.24. The van der Waals surface area contributed by atoms with Gasteiger partial charge in [-0.05, 0) is 12.1 Å². The van der Waals surface area contributed by atoms with Gasteiger partial charge in [0.15, 0.2) is 0 Å². The summed E-state index contributed by atoms with van der Waals surface area (Å²) in [6.07, 6.45) is 4.85. The minimum atomic E-state index is -0.456. The van der Waals surface area contributed by atoms with Crippen LogP contribution >= 0.6 is 11.3 Å². The Morgan fingerprint density at radius 1 is 1.53 bits per heavy atom. The third-order valence-corrected chi connectivity index (χ3v) is 3.57. The number of nitrogens with zero attached hydrogens (tertiary/aromatic N) is 2. The smallest absolute Gasteiger partial charge is 0.110 e. The normalized spacial score (nSPS) is 24.9. The van der Waals surface area contributed by atoms with Gasteiger partial charge in [-0.3, -0.25) is 0 Å². The van der Waals surface area contributed by atoms with Gasteiger partial charge in [-0.25, -0.2) is 0 Å². The first-order valence-electron chi connectivity index (χ1n) is 4.63. The topological polar surface area (TPSA) is 47.3 Å². The summed E-state index contributed by atoms with van der Waals surface area (Å²) in [5, 5.41) is 19.3. The Balaban J connectivity index is 2.15. The number of nitriles is 1. The fourth-order valence-electron chi connectivity index (χ4n) is 1.69. The lowest BCUT2D eigenvalue weighted by Gasteiger charge is -2.14. The van der Waals surface area contributed by atoms with Crippen molar-refractivity contribution in [2.24, 2.45) is 5.92 Å². The highest BCUT2D eigenvalue weighted by molar-refractivity contribution is 7.16. The van der Waals surface area contributed by atoms with Gasteiger partial charge in [0, 0.05) is 13.1 Å². The molecule has 2 atom stereocenters. The van der Waals surface area contributed by atoms with Crippen molar-refractivity contribution < 1.29 is 5.11 Å². The summed E-state index contributed by atoms with van der Waals surface area (Å²) in [6.45, 7) is 1.23. The zero-order valence-electron chi connectivity index (χ0n) is 8.05. The molecule has 2 rings (SSSR count). The molecule has 1 aliphatic rings. The molecule has 1 saturated heterocycles. The van der Waals surface area contributed by atoms with Crippen LogP contribution in [0.5, 0.6) is 0 Å². The first-order valence-corrected chi connectivity index (χ1v) is 5.45. The van der Waals surface area contributed by atoms with E-state index in [9.17, 15) is 5.11 Å². The van der Waals surface area contributed by atoms with E-state index in [1.54, 1.807) is 6.07 Å². The third kappa shape index (κ3) is 1.83. The molecule has 1 fully saturated rings. The van der Waals surface area contributed by atoms with Crippen molar-refractivity contribution in [3.8, 4) is 18.4 Å². The van der Waals surface area contributed by atoms with Crippen LogP contribution in [0.4, 0.5) is 5.00 Å². The van der Waals surface area contributed by atoms with E-state index in [-0.39, 0.29) is 5.92 Å². The molecule has 0 aliphatic carbocycles. The van der Waals surface area contributed by atoms with E-state index in [2.05, 4.69) is 12.0 Å². The largest absolute Gasteiger partial charge is 0.390 e. The summed E-state index contributed by atoms with van der Waals surface area (Å²) >= 11 is 1.43. The second-order valence-electron chi connectivity index (χ2n) is 3.50. The molecule has 76 valence electrons. The van der Waals surface area contributed by atoms with Crippen LogP contribution in [-0.4, -0.2) is 24.3 Å². The summed E-state index contributed by atoms with van der Waals surface area (Å²) in [5.74, 6) is 2.48. The van der Waals surface area contributed by atoms with E-state index in [0.717, 1.165) is 5.00 Å². The standard InChI is InChI=1S/C11H10N2OS/c1-2-8-6-13(7-10(8)14)11-4-3-9(5-12)15-11/h1,3-4,8,10,14H,6-7H2/t8-,10-/m1/s1. The number of aliphatic hydroxyl groups excluding tert-OH is 1. The molecular formula is C11H10N2OS. The minimum Gasteiger partial charge on any atom is -0.390 e. The Kier molecular flexibility index (Phi) is 2.64. The van der Waals surface area contributed by atoms with E-state index in [1.807, 2.05) is 11.0 Å². The monoisotopic (exact) mass is 218 g/mol. The molecule has 0 unspecified atom stereocenters. The molecule has 0 saturated carbocycles. The van der Waals surface area contributed by atoms with Gasteiger partial charge in [0.25, 0.3) is 0 Å². The van der Waals surface area contributed by atoms with Crippen LogP contribution < -0.4 is 4.90 Å². The predicted molar refractivity (Wildman–Crippen MR) is 59.6 cm³/mol. The van der Waals surface area contributed by atoms with E-state index >= 15 is 0 Å². The molecule has 15 heavy (non-hydrogen) atoms. The number of terminal acetylenes is 1. The average molecular weight is 218 g/mol. The van der Waals surface area contributed by atoms with Crippen molar-refractivity contribution in [1.82, 2.24) is 0 Å². The van der Waals surface area contributed by atoms with E-state index in [4.69, 9.17) is 11.7 Å². The van der Waals surface area contributed by atoms with Gasteiger partial charge in [-0.1, -0.05) is 5.92 Å². The van der Waals surface area contributed by atoms with Crippen LogP contribution in [0.1, 0.15) is 4.88 Å². The maximum atomic E-state index is 9.64. The van der Waals surface area contributed by atoms with Crippen LogP contribution in [0.15, 0.2) is 12.1 Å². The van der Waals surface area contributed by atoms with Crippen LogP contribution in [0.3, 0.4) is 0 Å². The third-order valence-electron chi connectivity index (χ3n) is 2.52. The number of hydrogen-bond acceptors (Lipinski definition) is 4. The van der Waals surface area contributed by atoms with Gasteiger partial charge >= 0.3 is 0 Å². The highest BCUT2D eigenvalue weighted by atomic mass is 32.1. The molecule has 0 spiro atoms. The van der Waals surface area contributed by atoms with E-state index in [0.29, 0.717) is 18.0 Å². The Morgan fingerprint density at radius 2 is 2.33 bits per heavy atom. The lowest BCUT2D eigenvalue weighted by molar-refractivity contribution is 0.172. The quantitative estimate of drug-likeness (QED) is 0.717. The Bertz CT molecular complexity index is 440. The number of anilines is 1. The maximum absolute atomic E-state index is 9.64. The molecule has 0 radical (unpaired) electrons. The summed E-state index contributed by atoms with van der Waals surface area (Å²) in [5.41, 5.74) is 0. The molecule has 0 aromatic carbocycles. The van der Waals surface area contributed by atoms with Gasteiger partial charge in [0.2, 0.25) is 0 Å². The van der Waals surface area contributed by atoms with Crippen molar-refractivity contribution in [2.75, 3.05) is 18.0 Å². The van der Waals surface area contributed by atoms with Gasteiger partial charge < -0.3 is 10.0 Å². The number of rotatable bonds is 1.